The number of aryl methyl sites for hydroxylation is 1. The van der Waals surface area contributed by atoms with Crippen LogP contribution in [0.25, 0.3) is 11.1 Å². The number of nitrogen functional groups attached to an aromatic ring is 1. The lowest BCUT2D eigenvalue weighted by molar-refractivity contribution is 0.622. The first-order chi connectivity index (χ1) is 8.49. The molecule has 96 valence electrons. The topological polar surface area (TPSA) is 43.8 Å². The normalized spacial score (nSPS) is 11.2. The van der Waals surface area contributed by atoms with E-state index in [2.05, 4.69) is 47.0 Å². The molecule has 0 saturated carbocycles. The largest absolute Gasteiger partial charge is 0.383 e. The van der Waals surface area contributed by atoms with Crippen molar-refractivity contribution in [1.29, 1.82) is 0 Å². The summed E-state index contributed by atoms with van der Waals surface area (Å²) in [6, 6.07) is 8.18. The highest BCUT2D eigenvalue weighted by Crippen LogP contribution is 2.32. The van der Waals surface area contributed by atoms with E-state index in [4.69, 9.17) is 5.73 Å². The van der Waals surface area contributed by atoms with E-state index in [0.717, 1.165) is 33.5 Å². The van der Waals surface area contributed by atoms with Gasteiger partial charge in [-0.2, -0.15) is 5.10 Å². The van der Waals surface area contributed by atoms with Gasteiger partial charge in [-0.25, -0.2) is 0 Å². The summed E-state index contributed by atoms with van der Waals surface area (Å²) >= 11 is 3.50. The van der Waals surface area contributed by atoms with Gasteiger partial charge in [-0.1, -0.05) is 41.9 Å². The number of aromatic nitrogens is 2. The average molecular weight is 308 g/mol. The van der Waals surface area contributed by atoms with Gasteiger partial charge in [-0.3, -0.25) is 4.68 Å². The van der Waals surface area contributed by atoms with Gasteiger partial charge in [-0.15, -0.1) is 0 Å². The second kappa shape index (κ2) is 5.14. The molecule has 1 aromatic carbocycles. The molecule has 1 aromatic heterocycles. The van der Waals surface area contributed by atoms with E-state index in [-0.39, 0.29) is 0 Å². The summed E-state index contributed by atoms with van der Waals surface area (Å²) in [4.78, 5) is 0. The standard InChI is InChI=1S/C14H18BrN3/c1-9(2)7-12-13(14(16)18(3)17-12)10-5-4-6-11(15)8-10/h4-6,8-9H,7,16H2,1-3H3. The molecule has 0 amide bonds. The smallest absolute Gasteiger partial charge is 0.129 e. The van der Waals surface area contributed by atoms with E-state index in [0.29, 0.717) is 5.92 Å². The van der Waals surface area contributed by atoms with Crippen LogP contribution in [0.5, 0.6) is 0 Å². The quantitative estimate of drug-likeness (QED) is 0.941. The number of nitrogens with two attached hydrogens (primary N) is 1. The molecule has 0 spiro atoms. The minimum absolute atomic E-state index is 0.560. The van der Waals surface area contributed by atoms with Gasteiger partial charge >= 0.3 is 0 Å². The number of halogens is 1. The first-order valence-electron chi connectivity index (χ1n) is 6.06. The Balaban J connectivity index is 2.55. The Labute approximate surface area is 116 Å². The molecule has 0 radical (unpaired) electrons. The highest BCUT2D eigenvalue weighted by atomic mass is 79.9. The Morgan fingerprint density at radius 2 is 2.11 bits per heavy atom. The molecule has 0 unspecified atom stereocenters. The minimum atomic E-state index is 0.560. The van der Waals surface area contributed by atoms with Crippen molar-refractivity contribution < 1.29 is 0 Å². The molecule has 0 aliphatic rings. The molecular formula is C14H18BrN3. The van der Waals surface area contributed by atoms with Crippen LogP contribution in [0, 0.1) is 5.92 Å². The molecule has 0 bridgehead atoms. The maximum atomic E-state index is 6.15. The van der Waals surface area contributed by atoms with Crippen molar-refractivity contribution in [2.75, 3.05) is 5.73 Å². The first-order valence-corrected chi connectivity index (χ1v) is 6.85. The fraction of sp³-hybridized carbons (Fsp3) is 0.357. The molecule has 2 aromatic rings. The fourth-order valence-corrected chi connectivity index (χ4v) is 2.48. The van der Waals surface area contributed by atoms with Gasteiger partial charge in [0.15, 0.2) is 0 Å². The van der Waals surface area contributed by atoms with Crippen LogP contribution in [0.2, 0.25) is 0 Å². The number of hydrogen-bond acceptors (Lipinski definition) is 2. The second-order valence-electron chi connectivity index (χ2n) is 4.94. The molecule has 0 atom stereocenters. The second-order valence-corrected chi connectivity index (χ2v) is 5.85. The SMILES string of the molecule is CC(C)Cc1nn(C)c(N)c1-c1cccc(Br)c1. The lowest BCUT2D eigenvalue weighted by Gasteiger charge is -2.06. The lowest BCUT2D eigenvalue weighted by Crippen LogP contribution is -1.98. The van der Waals surface area contributed by atoms with Gasteiger partial charge in [0.05, 0.1) is 5.69 Å². The van der Waals surface area contributed by atoms with Crippen molar-refractivity contribution in [1.82, 2.24) is 9.78 Å². The van der Waals surface area contributed by atoms with Crippen LogP contribution < -0.4 is 5.73 Å². The summed E-state index contributed by atoms with van der Waals surface area (Å²) in [5.74, 6) is 1.29. The third-order valence-electron chi connectivity index (χ3n) is 2.88. The van der Waals surface area contributed by atoms with Gasteiger partial charge < -0.3 is 5.73 Å². The minimum Gasteiger partial charge on any atom is -0.383 e. The van der Waals surface area contributed by atoms with Crippen LogP contribution in [-0.2, 0) is 13.5 Å². The Hall–Kier alpha value is -1.29. The van der Waals surface area contributed by atoms with Gasteiger partial charge in [0, 0.05) is 17.1 Å². The van der Waals surface area contributed by atoms with Crippen molar-refractivity contribution >= 4 is 21.7 Å². The molecule has 0 aliphatic carbocycles. The molecule has 2 rings (SSSR count). The molecule has 2 N–H and O–H groups in total. The maximum absolute atomic E-state index is 6.15. The number of rotatable bonds is 3. The van der Waals surface area contributed by atoms with Gasteiger partial charge in [0.25, 0.3) is 0 Å². The summed E-state index contributed by atoms with van der Waals surface area (Å²) < 4.78 is 2.81. The van der Waals surface area contributed by atoms with Crippen LogP contribution in [-0.4, -0.2) is 9.78 Å². The van der Waals surface area contributed by atoms with Crippen molar-refractivity contribution in [3.05, 3.63) is 34.4 Å². The van der Waals surface area contributed by atoms with E-state index < -0.39 is 0 Å². The predicted octanol–water partition coefficient (Wildman–Crippen LogP) is 3.63. The van der Waals surface area contributed by atoms with E-state index in [1.54, 1.807) is 4.68 Å². The molecule has 0 fully saturated rings. The monoisotopic (exact) mass is 307 g/mol. The van der Waals surface area contributed by atoms with Crippen LogP contribution >= 0.6 is 15.9 Å². The van der Waals surface area contributed by atoms with Crippen LogP contribution in [0.3, 0.4) is 0 Å². The van der Waals surface area contributed by atoms with Crippen LogP contribution in [0.15, 0.2) is 28.7 Å². The highest BCUT2D eigenvalue weighted by molar-refractivity contribution is 9.10. The zero-order valence-corrected chi connectivity index (χ0v) is 12.5. The average Bonchev–Trinajstić information content (AvgIpc) is 2.53. The van der Waals surface area contributed by atoms with Crippen molar-refractivity contribution in [2.45, 2.75) is 20.3 Å². The number of anilines is 1. The Bertz CT molecular complexity index is 558. The van der Waals surface area contributed by atoms with Gasteiger partial charge in [-0.05, 0) is 30.0 Å². The van der Waals surface area contributed by atoms with Crippen molar-refractivity contribution in [3.63, 3.8) is 0 Å². The lowest BCUT2D eigenvalue weighted by atomic mass is 9.99. The zero-order chi connectivity index (χ0) is 13.3. The molecule has 1 heterocycles. The summed E-state index contributed by atoms with van der Waals surface area (Å²) in [7, 11) is 1.89. The van der Waals surface area contributed by atoms with E-state index in [9.17, 15) is 0 Å². The molecule has 0 aliphatic heterocycles. The Morgan fingerprint density at radius 1 is 1.39 bits per heavy atom. The van der Waals surface area contributed by atoms with Crippen molar-refractivity contribution in [2.24, 2.45) is 13.0 Å². The van der Waals surface area contributed by atoms with Crippen LogP contribution in [0.1, 0.15) is 19.5 Å². The fourth-order valence-electron chi connectivity index (χ4n) is 2.08. The maximum Gasteiger partial charge on any atom is 0.129 e. The van der Waals surface area contributed by atoms with Crippen LogP contribution in [0.4, 0.5) is 5.82 Å². The first kappa shape index (κ1) is 13.1. The predicted molar refractivity (Wildman–Crippen MR) is 79.3 cm³/mol. The molecule has 18 heavy (non-hydrogen) atoms. The zero-order valence-electron chi connectivity index (χ0n) is 10.9. The highest BCUT2D eigenvalue weighted by Gasteiger charge is 2.16. The summed E-state index contributed by atoms with van der Waals surface area (Å²) in [5, 5.41) is 4.53. The van der Waals surface area contributed by atoms with Gasteiger partial charge in [0.2, 0.25) is 0 Å². The van der Waals surface area contributed by atoms with Crippen molar-refractivity contribution in [3.8, 4) is 11.1 Å². The number of hydrogen-bond donors (Lipinski definition) is 1. The summed E-state index contributed by atoms with van der Waals surface area (Å²) in [6.07, 6.45) is 0.937. The number of nitrogens with zero attached hydrogens (tertiary/aromatic N) is 2. The summed E-state index contributed by atoms with van der Waals surface area (Å²) in [5.41, 5.74) is 9.40. The van der Waals surface area contributed by atoms with E-state index in [1.807, 2.05) is 19.2 Å². The van der Waals surface area contributed by atoms with Gasteiger partial charge in [0.1, 0.15) is 5.82 Å². The number of benzene rings is 1. The summed E-state index contributed by atoms with van der Waals surface area (Å²) in [6.45, 7) is 4.38. The third kappa shape index (κ3) is 2.58. The molecular weight excluding hydrogens is 290 g/mol. The Kier molecular flexibility index (Phi) is 3.76. The van der Waals surface area contributed by atoms with E-state index >= 15 is 0 Å². The molecule has 0 saturated heterocycles. The molecule has 3 nitrogen and oxygen atoms in total. The molecule has 4 heteroatoms. The third-order valence-corrected chi connectivity index (χ3v) is 3.37. The Morgan fingerprint density at radius 3 is 2.72 bits per heavy atom. The van der Waals surface area contributed by atoms with E-state index in [1.165, 1.54) is 0 Å².